The third-order valence-corrected chi connectivity index (χ3v) is 3.87. The van der Waals surface area contributed by atoms with Crippen molar-refractivity contribution in [3.8, 4) is 0 Å². The lowest BCUT2D eigenvalue weighted by atomic mass is 10.1. The number of hydrogen-bond acceptors (Lipinski definition) is 4. The van der Waals surface area contributed by atoms with Crippen LogP contribution in [0, 0.1) is 0 Å². The van der Waals surface area contributed by atoms with Crippen molar-refractivity contribution < 1.29 is 4.79 Å². The third-order valence-electron chi connectivity index (χ3n) is 2.83. The molecule has 0 aliphatic carbocycles. The zero-order chi connectivity index (χ0) is 12.5. The number of aromatic nitrogens is 1. The quantitative estimate of drug-likeness (QED) is 0.722. The van der Waals surface area contributed by atoms with Crippen molar-refractivity contribution in [2.24, 2.45) is 4.99 Å². The van der Waals surface area contributed by atoms with Crippen molar-refractivity contribution in [3.05, 3.63) is 55.1 Å². The monoisotopic (exact) mass is 258 g/mol. The summed E-state index contributed by atoms with van der Waals surface area (Å²) < 4.78 is 2.39. The summed E-state index contributed by atoms with van der Waals surface area (Å²) in [4.78, 5) is 27.6. The molecule has 1 aromatic carbocycles. The first-order valence-corrected chi connectivity index (χ1v) is 6.41. The van der Waals surface area contributed by atoms with E-state index in [1.807, 2.05) is 18.2 Å². The van der Waals surface area contributed by atoms with Crippen LogP contribution in [0.15, 0.2) is 34.1 Å². The van der Waals surface area contributed by atoms with Crippen molar-refractivity contribution in [1.82, 2.24) is 4.57 Å². The van der Waals surface area contributed by atoms with Crippen molar-refractivity contribution >= 4 is 23.7 Å². The van der Waals surface area contributed by atoms with Crippen LogP contribution in [0.25, 0.3) is 6.08 Å². The molecular formula is C13H10N2O2S. The standard InChI is InChI=1S/C13H10N2O2S/c16-8-10-3-1-9(2-4-10)7-11-12(17)15-6-5-14-13(15)18-11/h1-4,7-8H,5-6H2. The fourth-order valence-electron chi connectivity index (χ4n) is 1.89. The van der Waals surface area contributed by atoms with Crippen LogP contribution < -0.4 is 14.9 Å². The minimum atomic E-state index is 0.0238. The molecule has 0 saturated heterocycles. The highest BCUT2D eigenvalue weighted by Crippen LogP contribution is 2.02. The minimum Gasteiger partial charge on any atom is -0.298 e. The lowest BCUT2D eigenvalue weighted by Gasteiger charge is -1.92. The Hall–Kier alpha value is -2.01. The summed E-state index contributed by atoms with van der Waals surface area (Å²) in [5.74, 6) is 0. The van der Waals surface area contributed by atoms with E-state index in [-0.39, 0.29) is 5.56 Å². The molecule has 0 atom stereocenters. The van der Waals surface area contributed by atoms with Crippen LogP contribution >= 0.6 is 11.3 Å². The van der Waals surface area contributed by atoms with E-state index in [9.17, 15) is 9.59 Å². The van der Waals surface area contributed by atoms with E-state index in [2.05, 4.69) is 4.99 Å². The van der Waals surface area contributed by atoms with Crippen LogP contribution in [-0.2, 0) is 6.54 Å². The van der Waals surface area contributed by atoms with Crippen LogP contribution in [0.1, 0.15) is 15.9 Å². The number of rotatable bonds is 2. The fourth-order valence-corrected chi connectivity index (χ4v) is 2.92. The lowest BCUT2D eigenvalue weighted by molar-refractivity contribution is 0.112. The van der Waals surface area contributed by atoms with Gasteiger partial charge in [0.2, 0.25) is 0 Å². The summed E-state index contributed by atoms with van der Waals surface area (Å²) in [5, 5.41) is 0. The fraction of sp³-hybridized carbons (Fsp3) is 0.154. The van der Waals surface area contributed by atoms with E-state index in [0.717, 1.165) is 16.7 Å². The Bertz CT molecular complexity index is 769. The Morgan fingerprint density at radius 3 is 2.61 bits per heavy atom. The summed E-state index contributed by atoms with van der Waals surface area (Å²) in [6.07, 6.45) is 2.64. The number of benzene rings is 1. The molecule has 2 heterocycles. The number of carbonyl (C=O) groups is 1. The predicted octanol–water partition coefficient (Wildman–Crippen LogP) is 0.184. The average Bonchev–Trinajstić information content (AvgIpc) is 2.95. The molecule has 0 N–H and O–H groups in total. The van der Waals surface area contributed by atoms with Gasteiger partial charge in [0.05, 0.1) is 11.1 Å². The first-order valence-electron chi connectivity index (χ1n) is 5.59. The molecule has 0 radical (unpaired) electrons. The van der Waals surface area contributed by atoms with E-state index in [1.165, 1.54) is 11.3 Å². The first kappa shape index (κ1) is 11.1. The largest absolute Gasteiger partial charge is 0.298 e. The maximum atomic E-state index is 12.0. The molecule has 0 fully saturated rings. The van der Waals surface area contributed by atoms with Crippen LogP contribution in [0.4, 0.5) is 0 Å². The Morgan fingerprint density at radius 2 is 1.94 bits per heavy atom. The molecule has 1 aliphatic rings. The predicted molar refractivity (Wildman–Crippen MR) is 69.6 cm³/mol. The minimum absolute atomic E-state index is 0.0238. The Balaban J connectivity index is 2.11. The molecule has 1 aliphatic heterocycles. The summed E-state index contributed by atoms with van der Waals surface area (Å²) in [6, 6.07) is 7.13. The van der Waals surface area contributed by atoms with Crippen LogP contribution in [0.2, 0.25) is 0 Å². The molecule has 2 aromatic rings. The first-order chi connectivity index (χ1) is 8.78. The second-order valence-corrected chi connectivity index (χ2v) is 5.03. The van der Waals surface area contributed by atoms with E-state index < -0.39 is 0 Å². The van der Waals surface area contributed by atoms with Crippen LogP contribution in [-0.4, -0.2) is 17.4 Å². The molecule has 5 heteroatoms. The SMILES string of the molecule is O=Cc1ccc(C=c2sc3n(c2=O)CCN=3)cc1. The maximum absolute atomic E-state index is 12.0. The molecular weight excluding hydrogens is 248 g/mol. The van der Waals surface area contributed by atoms with Gasteiger partial charge < -0.3 is 0 Å². The van der Waals surface area contributed by atoms with E-state index >= 15 is 0 Å². The number of thiazole rings is 1. The highest BCUT2D eigenvalue weighted by molar-refractivity contribution is 7.07. The topological polar surface area (TPSA) is 51.4 Å². The van der Waals surface area contributed by atoms with Crippen LogP contribution in [0.3, 0.4) is 0 Å². The van der Waals surface area contributed by atoms with Gasteiger partial charge in [-0.3, -0.25) is 19.1 Å². The highest BCUT2D eigenvalue weighted by atomic mass is 32.1. The van der Waals surface area contributed by atoms with Gasteiger partial charge in [-0.1, -0.05) is 35.6 Å². The second-order valence-electron chi connectivity index (χ2n) is 4.02. The lowest BCUT2D eigenvalue weighted by Crippen LogP contribution is -2.29. The summed E-state index contributed by atoms with van der Waals surface area (Å²) in [5.41, 5.74) is 1.57. The van der Waals surface area contributed by atoms with Crippen molar-refractivity contribution in [1.29, 1.82) is 0 Å². The number of carbonyl (C=O) groups excluding carboxylic acids is 1. The summed E-state index contributed by atoms with van der Waals surface area (Å²) >= 11 is 1.41. The summed E-state index contributed by atoms with van der Waals surface area (Å²) in [7, 11) is 0. The normalized spacial score (nSPS) is 14.3. The van der Waals surface area contributed by atoms with Gasteiger partial charge in [-0.25, -0.2) is 0 Å². The number of hydrogen-bond donors (Lipinski definition) is 0. The van der Waals surface area contributed by atoms with Crippen LogP contribution in [0.5, 0.6) is 0 Å². The second kappa shape index (κ2) is 4.34. The molecule has 0 unspecified atom stereocenters. The van der Waals surface area contributed by atoms with Gasteiger partial charge in [-0.15, -0.1) is 0 Å². The van der Waals surface area contributed by atoms with E-state index in [1.54, 1.807) is 16.7 Å². The third kappa shape index (κ3) is 1.82. The molecule has 0 bridgehead atoms. The number of nitrogens with zero attached hydrogens (tertiary/aromatic N) is 2. The molecule has 1 aromatic heterocycles. The molecule has 90 valence electrons. The number of aldehydes is 1. The van der Waals surface area contributed by atoms with Gasteiger partial charge in [0, 0.05) is 12.1 Å². The van der Waals surface area contributed by atoms with Gasteiger partial charge >= 0.3 is 0 Å². The van der Waals surface area contributed by atoms with Gasteiger partial charge in [0.1, 0.15) is 6.29 Å². The zero-order valence-corrected chi connectivity index (χ0v) is 10.3. The van der Waals surface area contributed by atoms with Gasteiger partial charge in [0.15, 0.2) is 4.80 Å². The van der Waals surface area contributed by atoms with Crippen molar-refractivity contribution in [2.45, 2.75) is 6.54 Å². The summed E-state index contributed by atoms with van der Waals surface area (Å²) in [6.45, 7) is 1.39. The molecule has 3 rings (SSSR count). The smallest absolute Gasteiger partial charge is 0.270 e. The van der Waals surface area contributed by atoms with E-state index in [0.29, 0.717) is 23.2 Å². The molecule has 18 heavy (non-hydrogen) atoms. The molecule has 0 saturated carbocycles. The zero-order valence-electron chi connectivity index (χ0n) is 9.50. The van der Waals surface area contributed by atoms with Crippen molar-refractivity contribution in [2.75, 3.05) is 6.54 Å². The highest BCUT2D eigenvalue weighted by Gasteiger charge is 2.09. The molecule has 0 amide bonds. The number of fused-ring (bicyclic) bond motifs is 1. The van der Waals surface area contributed by atoms with Gasteiger partial charge in [-0.2, -0.15) is 0 Å². The van der Waals surface area contributed by atoms with Crippen molar-refractivity contribution in [3.63, 3.8) is 0 Å². The Kier molecular flexibility index (Phi) is 2.68. The average molecular weight is 258 g/mol. The Labute approximate surface area is 107 Å². The molecule has 0 spiro atoms. The maximum Gasteiger partial charge on any atom is 0.270 e. The van der Waals surface area contributed by atoms with Gasteiger partial charge in [0.25, 0.3) is 5.56 Å². The Morgan fingerprint density at radius 1 is 1.22 bits per heavy atom. The van der Waals surface area contributed by atoms with Gasteiger partial charge in [-0.05, 0) is 11.6 Å². The van der Waals surface area contributed by atoms with E-state index in [4.69, 9.17) is 0 Å². The molecule has 4 nitrogen and oxygen atoms in total.